The first-order chi connectivity index (χ1) is 9.20. The molecule has 0 aliphatic heterocycles. The fourth-order valence-electron chi connectivity index (χ4n) is 1.80. The molecule has 2 rings (SSSR count). The van der Waals surface area contributed by atoms with Crippen molar-refractivity contribution >= 4 is 56.2 Å². The van der Waals surface area contributed by atoms with E-state index in [4.69, 9.17) is 46.4 Å². The molecule has 0 fully saturated rings. The van der Waals surface area contributed by atoms with Crippen LogP contribution in [0.5, 0.6) is 0 Å². The zero-order valence-electron chi connectivity index (χ0n) is 10.1. The summed E-state index contributed by atoms with van der Waals surface area (Å²) in [5, 5.41) is 1.21. The summed E-state index contributed by atoms with van der Waals surface area (Å²) in [7, 11) is -3.51. The van der Waals surface area contributed by atoms with Crippen molar-refractivity contribution in [3.05, 3.63) is 50.4 Å². The van der Waals surface area contributed by atoms with Crippen LogP contribution in [0.2, 0.25) is 20.1 Å². The van der Waals surface area contributed by atoms with Crippen LogP contribution in [0.15, 0.2) is 35.2 Å². The predicted molar refractivity (Wildman–Crippen MR) is 85.0 cm³/mol. The topological polar surface area (TPSA) is 34.1 Å². The van der Waals surface area contributed by atoms with Crippen molar-refractivity contribution < 1.29 is 8.42 Å². The average Bonchev–Trinajstić information content (AvgIpc) is 2.28. The predicted octanol–water partition coefficient (Wildman–Crippen LogP) is 5.37. The van der Waals surface area contributed by atoms with Gasteiger partial charge in [0.1, 0.15) is 0 Å². The number of hydrogen-bond donors (Lipinski definition) is 0. The van der Waals surface area contributed by atoms with Gasteiger partial charge in [-0.1, -0.05) is 52.5 Å². The molecule has 0 radical (unpaired) electrons. The van der Waals surface area contributed by atoms with Gasteiger partial charge >= 0.3 is 0 Å². The van der Waals surface area contributed by atoms with Crippen LogP contribution in [0, 0.1) is 0 Å². The maximum absolute atomic E-state index is 11.9. The molecule has 7 heteroatoms. The van der Waals surface area contributed by atoms with Gasteiger partial charge in [0.15, 0.2) is 9.84 Å². The summed E-state index contributed by atoms with van der Waals surface area (Å²) in [5.41, 5.74) is 0.804. The SMILES string of the molecule is CS(=O)(=O)c1cc(Cl)cc(Cl)c1-c1ccc(Cl)cc1Cl. The van der Waals surface area contributed by atoms with Gasteiger partial charge in [-0.25, -0.2) is 8.42 Å². The quantitative estimate of drug-likeness (QED) is 0.712. The zero-order valence-corrected chi connectivity index (χ0v) is 14.0. The Balaban J connectivity index is 2.86. The van der Waals surface area contributed by atoms with Crippen LogP contribution < -0.4 is 0 Å². The summed E-state index contributed by atoms with van der Waals surface area (Å²) in [6, 6.07) is 7.57. The van der Waals surface area contributed by atoms with E-state index in [1.54, 1.807) is 12.1 Å². The van der Waals surface area contributed by atoms with Crippen molar-refractivity contribution in [2.24, 2.45) is 0 Å². The number of halogens is 4. The first-order valence-corrected chi connectivity index (χ1v) is 8.75. The Hall–Kier alpha value is -0.450. The molecule has 0 unspecified atom stereocenters. The second-order valence-corrected chi connectivity index (χ2v) is 7.83. The van der Waals surface area contributed by atoms with E-state index < -0.39 is 9.84 Å². The fourth-order valence-corrected chi connectivity index (χ4v) is 3.95. The van der Waals surface area contributed by atoms with Crippen LogP contribution >= 0.6 is 46.4 Å². The highest BCUT2D eigenvalue weighted by molar-refractivity contribution is 7.90. The second-order valence-electron chi connectivity index (χ2n) is 4.16. The number of rotatable bonds is 2. The lowest BCUT2D eigenvalue weighted by atomic mass is 10.1. The van der Waals surface area contributed by atoms with E-state index in [9.17, 15) is 8.42 Å². The molecule has 106 valence electrons. The summed E-state index contributed by atoms with van der Waals surface area (Å²) < 4.78 is 23.8. The summed E-state index contributed by atoms with van der Waals surface area (Å²) in [6.45, 7) is 0. The van der Waals surface area contributed by atoms with Crippen molar-refractivity contribution in [3.8, 4) is 11.1 Å². The highest BCUT2D eigenvalue weighted by Gasteiger charge is 2.20. The lowest BCUT2D eigenvalue weighted by molar-refractivity contribution is 0.602. The Morgan fingerprint density at radius 2 is 1.45 bits per heavy atom. The Morgan fingerprint density at radius 3 is 2.00 bits per heavy atom. The minimum atomic E-state index is -3.51. The van der Waals surface area contributed by atoms with E-state index in [1.165, 1.54) is 18.2 Å². The van der Waals surface area contributed by atoms with Crippen molar-refractivity contribution in [2.45, 2.75) is 4.90 Å². The van der Waals surface area contributed by atoms with Gasteiger partial charge in [0, 0.05) is 32.5 Å². The molecule has 0 spiro atoms. The van der Waals surface area contributed by atoms with Gasteiger partial charge in [-0.3, -0.25) is 0 Å². The van der Waals surface area contributed by atoms with Crippen molar-refractivity contribution in [3.63, 3.8) is 0 Å². The minimum Gasteiger partial charge on any atom is -0.224 e. The van der Waals surface area contributed by atoms with Crippen LogP contribution in [-0.2, 0) is 9.84 Å². The zero-order chi connectivity index (χ0) is 15.1. The summed E-state index contributed by atoms with van der Waals surface area (Å²) >= 11 is 24.0. The van der Waals surface area contributed by atoms with Gasteiger partial charge in [0.05, 0.1) is 9.92 Å². The summed E-state index contributed by atoms with van der Waals surface area (Å²) in [4.78, 5) is 0.0271. The lowest BCUT2D eigenvalue weighted by Crippen LogP contribution is -2.01. The van der Waals surface area contributed by atoms with E-state index in [1.807, 2.05) is 0 Å². The number of sulfone groups is 1. The van der Waals surface area contributed by atoms with Gasteiger partial charge in [0.2, 0.25) is 0 Å². The third kappa shape index (κ3) is 3.23. The van der Waals surface area contributed by atoms with Crippen LogP contribution in [0.1, 0.15) is 0 Å². The van der Waals surface area contributed by atoms with Gasteiger partial charge in [-0.15, -0.1) is 0 Å². The van der Waals surface area contributed by atoms with E-state index in [0.29, 0.717) is 21.2 Å². The normalized spacial score (nSPS) is 11.7. The largest absolute Gasteiger partial charge is 0.224 e. The Kier molecular flexibility index (Phi) is 4.57. The molecule has 0 aliphatic rings. The Morgan fingerprint density at radius 1 is 0.850 bits per heavy atom. The van der Waals surface area contributed by atoms with E-state index >= 15 is 0 Å². The molecular formula is C13H8Cl4O2S. The first kappa shape index (κ1) is 15.9. The summed E-state index contributed by atoms with van der Waals surface area (Å²) in [5.74, 6) is 0. The molecule has 20 heavy (non-hydrogen) atoms. The molecule has 0 amide bonds. The van der Waals surface area contributed by atoms with Crippen LogP contribution in [-0.4, -0.2) is 14.7 Å². The number of benzene rings is 2. The van der Waals surface area contributed by atoms with Crippen LogP contribution in [0.25, 0.3) is 11.1 Å². The summed E-state index contributed by atoms with van der Waals surface area (Å²) in [6.07, 6.45) is 1.09. The molecule has 2 nitrogen and oxygen atoms in total. The molecule has 0 saturated carbocycles. The molecule has 0 aromatic heterocycles. The molecule has 2 aromatic carbocycles. The van der Waals surface area contributed by atoms with Gasteiger partial charge < -0.3 is 0 Å². The second kappa shape index (κ2) is 5.74. The maximum Gasteiger partial charge on any atom is 0.176 e. The molecule has 0 N–H and O–H groups in total. The molecule has 0 saturated heterocycles. The number of hydrogen-bond acceptors (Lipinski definition) is 2. The van der Waals surface area contributed by atoms with Gasteiger partial charge in [-0.05, 0) is 24.3 Å². The average molecular weight is 370 g/mol. The molecule has 0 bridgehead atoms. The van der Waals surface area contributed by atoms with Crippen molar-refractivity contribution in [2.75, 3.05) is 6.26 Å². The molecule has 0 aliphatic carbocycles. The third-order valence-electron chi connectivity index (χ3n) is 2.62. The maximum atomic E-state index is 11.9. The van der Waals surface area contributed by atoms with Crippen molar-refractivity contribution in [1.82, 2.24) is 0 Å². The van der Waals surface area contributed by atoms with Gasteiger partial charge in [-0.2, -0.15) is 0 Å². The highest BCUT2D eigenvalue weighted by atomic mass is 35.5. The molecule has 0 heterocycles. The van der Waals surface area contributed by atoms with E-state index in [0.717, 1.165) is 6.26 Å². The lowest BCUT2D eigenvalue weighted by Gasteiger charge is -2.13. The fraction of sp³-hybridized carbons (Fsp3) is 0.0769. The minimum absolute atomic E-state index is 0.0271. The highest BCUT2D eigenvalue weighted by Crippen LogP contribution is 2.40. The third-order valence-corrected chi connectivity index (χ3v) is 4.80. The smallest absolute Gasteiger partial charge is 0.176 e. The Bertz CT molecular complexity index is 785. The molecular weight excluding hydrogens is 362 g/mol. The van der Waals surface area contributed by atoms with Crippen LogP contribution in [0.3, 0.4) is 0 Å². The van der Waals surface area contributed by atoms with Gasteiger partial charge in [0.25, 0.3) is 0 Å². The van der Waals surface area contributed by atoms with Crippen LogP contribution in [0.4, 0.5) is 0 Å². The monoisotopic (exact) mass is 368 g/mol. The van der Waals surface area contributed by atoms with E-state index in [2.05, 4.69) is 0 Å². The molecule has 0 atom stereocenters. The van der Waals surface area contributed by atoms with E-state index in [-0.39, 0.29) is 14.9 Å². The molecule has 2 aromatic rings. The Labute approximate surface area is 137 Å². The van der Waals surface area contributed by atoms with Crippen molar-refractivity contribution in [1.29, 1.82) is 0 Å². The standard InChI is InChI=1S/C13H8Cl4O2S/c1-20(18,19)12-6-8(15)5-11(17)13(12)9-3-2-7(14)4-10(9)16/h2-6H,1H3. The first-order valence-electron chi connectivity index (χ1n) is 5.34.